The van der Waals surface area contributed by atoms with Gasteiger partial charge in [-0.15, -0.1) is 0 Å². The van der Waals surface area contributed by atoms with E-state index in [1.165, 1.54) is 0 Å². The van der Waals surface area contributed by atoms with E-state index in [4.69, 9.17) is 11.6 Å². The molecule has 0 unspecified atom stereocenters. The first-order chi connectivity index (χ1) is 9.63. The van der Waals surface area contributed by atoms with Crippen LogP contribution in [0.2, 0.25) is 5.02 Å². The van der Waals surface area contributed by atoms with E-state index in [0.29, 0.717) is 28.5 Å². The van der Waals surface area contributed by atoms with Gasteiger partial charge in [-0.2, -0.15) is 14.4 Å². The number of anilines is 1. The van der Waals surface area contributed by atoms with Crippen molar-refractivity contribution in [2.75, 3.05) is 5.32 Å². The third kappa shape index (κ3) is 2.42. The third-order valence-electron chi connectivity index (χ3n) is 2.88. The molecule has 20 heavy (non-hydrogen) atoms. The number of benzene rings is 1. The van der Waals surface area contributed by atoms with Crippen LogP contribution in [-0.2, 0) is 13.6 Å². The fourth-order valence-electron chi connectivity index (χ4n) is 1.94. The van der Waals surface area contributed by atoms with Gasteiger partial charge in [-0.25, -0.2) is 4.98 Å². The van der Waals surface area contributed by atoms with Gasteiger partial charge in [0.05, 0.1) is 6.33 Å². The molecular weight excluding hydrogens is 281 g/mol. The van der Waals surface area contributed by atoms with E-state index in [1.54, 1.807) is 24.0 Å². The zero-order valence-electron chi connectivity index (χ0n) is 10.6. The second kappa shape index (κ2) is 5.05. The van der Waals surface area contributed by atoms with Gasteiger partial charge in [0, 0.05) is 18.6 Å². The summed E-state index contributed by atoms with van der Waals surface area (Å²) in [4.78, 5) is 11.7. The van der Waals surface area contributed by atoms with Gasteiger partial charge in [-0.3, -0.25) is 0 Å². The Bertz CT molecular complexity index is 771. The monoisotopic (exact) mass is 291 g/mol. The fraction of sp³-hybridized carbons (Fsp3) is 0.154. The van der Waals surface area contributed by atoms with Gasteiger partial charge in [0.1, 0.15) is 0 Å². The highest BCUT2D eigenvalue weighted by molar-refractivity contribution is 6.30. The van der Waals surface area contributed by atoms with Crippen LogP contribution in [0.25, 0.3) is 11.2 Å². The number of aryl methyl sites for hydroxylation is 1. The summed E-state index contributed by atoms with van der Waals surface area (Å²) in [6.07, 6.45) is 0.790. The molecule has 0 bridgehead atoms. The van der Waals surface area contributed by atoms with Crippen molar-refractivity contribution < 1.29 is 4.39 Å². The van der Waals surface area contributed by atoms with Gasteiger partial charge in [-0.05, 0) is 17.7 Å². The number of halogens is 2. The molecule has 0 aliphatic carbocycles. The molecule has 1 aromatic carbocycles. The molecule has 0 saturated carbocycles. The fourth-order valence-corrected chi connectivity index (χ4v) is 2.15. The molecule has 2 heterocycles. The summed E-state index contributed by atoms with van der Waals surface area (Å²) in [7, 11) is 1.75. The van der Waals surface area contributed by atoms with Crippen molar-refractivity contribution in [3.8, 4) is 0 Å². The van der Waals surface area contributed by atoms with Gasteiger partial charge < -0.3 is 9.88 Å². The maximum atomic E-state index is 13.4. The van der Waals surface area contributed by atoms with Crippen molar-refractivity contribution in [2.24, 2.45) is 7.05 Å². The number of fused-ring (bicyclic) bond motifs is 1. The minimum absolute atomic E-state index is 0.369. The van der Waals surface area contributed by atoms with E-state index in [0.717, 1.165) is 5.56 Å². The highest BCUT2D eigenvalue weighted by Gasteiger charge is 2.11. The van der Waals surface area contributed by atoms with Crippen LogP contribution in [0.1, 0.15) is 5.56 Å². The predicted octanol–water partition coefficient (Wildman–Crippen LogP) is 2.77. The molecule has 0 radical (unpaired) electrons. The van der Waals surface area contributed by atoms with Crippen molar-refractivity contribution in [2.45, 2.75) is 6.54 Å². The zero-order valence-corrected chi connectivity index (χ0v) is 11.4. The van der Waals surface area contributed by atoms with Crippen LogP contribution in [0.15, 0.2) is 30.6 Å². The lowest BCUT2D eigenvalue weighted by atomic mass is 10.2. The third-order valence-corrected chi connectivity index (χ3v) is 3.12. The van der Waals surface area contributed by atoms with Crippen molar-refractivity contribution in [1.29, 1.82) is 0 Å². The molecule has 3 aromatic rings. The molecule has 0 aliphatic rings. The van der Waals surface area contributed by atoms with Crippen molar-refractivity contribution in [1.82, 2.24) is 19.5 Å². The lowest BCUT2D eigenvalue weighted by Gasteiger charge is -2.06. The van der Waals surface area contributed by atoms with E-state index in [1.807, 2.05) is 18.2 Å². The predicted molar refractivity (Wildman–Crippen MR) is 75.0 cm³/mol. The van der Waals surface area contributed by atoms with Crippen LogP contribution in [0.4, 0.5) is 10.2 Å². The van der Waals surface area contributed by atoms with Crippen LogP contribution in [0.5, 0.6) is 0 Å². The molecular formula is C13H11ClFN5. The second-order valence-corrected chi connectivity index (χ2v) is 4.79. The molecule has 7 heteroatoms. The topological polar surface area (TPSA) is 55.6 Å². The lowest BCUT2D eigenvalue weighted by molar-refractivity contribution is 0.543. The molecule has 0 atom stereocenters. The smallest absolute Gasteiger partial charge is 0.312 e. The first kappa shape index (κ1) is 12.8. The Balaban J connectivity index is 1.91. The average Bonchev–Trinajstić information content (AvgIpc) is 2.78. The summed E-state index contributed by atoms with van der Waals surface area (Å²) in [6, 6.07) is 7.41. The highest BCUT2D eigenvalue weighted by Crippen LogP contribution is 2.19. The Morgan fingerprint density at radius 2 is 2.20 bits per heavy atom. The van der Waals surface area contributed by atoms with Crippen LogP contribution < -0.4 is 5.32 Å². The summed E-state index contributed by atoms with van der Waals surface area (Å²) < 4.78 is 15.1. The number of aromatic nitrogens is 4. The van der Waals surface area contributed by atoms with E-state index in [-0.39, 0.29) is 0 Å². The Morgan fingerprint density at radius 1 is 1.35 bits per heavy atom. The largest absolute Gasteiger partial charge is 0.364 e. The zero-order chi connectivity index (χ0) is 14.1. The SMILES string of the molecule is Cn1cnc2c(NCc3cccc(Cl)c3)nc(F)nc21. The molecule has 102 valence electrons. The van der Waals surface area contributed by atoms with E-state index < -0.39 is 6.08 Å². The Labute approximate surface area is 119 Å². The first-order valence-corrected chi connectivity index (χ1v) is 6.34. The first-order valence-electron chi connectivity index (χ1n) is 5.96. The van der Waals surface area contributed by atoms with Crippen LogP contribution in [0.3, 0.4) is 0 Å². The summed E-state index contributed by atoms with van der Waals surface area (Å²) >= 11 is 5.92. The summed E-state index contributed by atoms with van der Waals surface area (Å²) in [6.45, 7) is 0.475. The molecule has 3 rings (SSSR count). The molecule has 0 saturated heterocycles. The molecule has 5 nitrogen and oxygen atoms in total. The maximum Gasteiger partial charge on any atom is 0.312 e. The Morgan fingerprint density at radius 3 is 3.00 bits per heavy atom. The van der Waals surface area contributed by atoms with Gasteiger partial charge >= 0.3 is 6.08 Å². The highest BCUT2D eigenvalue weighted by atomic mass is 35.5. The minimum atomic E-state index is -0.783. The van der Waals surface area contributed by atoms with E-state index in [2.05, 4.69) is 20.3 Å². The van der Waals surface area contributed by atoms with Crippen molar-refractivity contribution in [3.05, 3.63) is 47.3 Å². The maximum absolute atomic E-state index is 13.4. The van der Waals surface area contributed by atoms with Gasteiger partial charge in [0.2, 0.25) is 0 Å². The van der Waals surface area contributed by atoms with Crippen molar-refractivity contribution >= 4 is 28.6 Å². The Hall–Kier alpha value is -2.21. The summed E-state index contributed by atoms with van der Waals surface area (Å²) in [5.41, 5.74) is 1.96. The molecule has 0 amide bonds. The summed E-state index contributed by atoms with van der Waals surface area (Å²) in [5, 5.41) is 3.71. The van der Waals surface area contributed by atoms with Crippen LogP contribution in [0, 0.1) is 6.08 Å². The van der Waals surface area contributed by atoms with Gasteiger partial charge in [0.15, 0.2) is 17.0 Å². The van der Waals surface area contributed by atoms with E-state index in [9.17, 15) is 4.39 Å². The number of imidazole rings is 1. The normalized spacial score (nSPS) is 10.9. The number of nitrogens with one attached hydrogen (secondary N) is 1. The van der Waals surface area contributed by atoms with Gasteiger partial charge in [0.25, 0.3) is 0 Å². The van der Waals surface area contributed by atoms with Gasteiger partial charge in [-0.1, -0.05) is 23.7 Å². The summed E-state index contributed by atoms with van der Waals surface area (Å²) in [5.74, 6) is 0.369. The molecule has 1 N–H and O–H groups in total. The van der Waals surface area contributed by atoms with Crippen LogP contribution >= 0.6 is 11.6 Å². The van der Waals surface area contributed by atoms with Crippen molar-refractivity contribution in [3.63, 3.8) is 0 Å². The lowest BCUT2D eigenvalue weighted by Crippen LogP contribution is -2.05. The van der Waals surface area contributed by atoms with E-state index >= 15 is 0 Å². The quantitative estimate of drug-likeness (QED) is 0.754. The molecule has 0 fully saturated rings. The second-order valence-electron chi connectivity index (χ2n) is 4.35. The Kier molecular flexibility index (Phi) is 3.23. The molecule has 0 aliphatic heterocycles. The average molecular weight is 292 g/mol. The molecule has 2 aromatic heterocycles. The van der Waals surface area contributed by atoms with Crippen LogP contribution in [-0.4, -0.2) is 19.5 Å². The number of hydrogen-bond acceptors (Lipinski definition) is 4. The number of hydrogen-bond donors (Lipinski definition) is 1. The molecule has 0 spiro atoms. The number of nitrogens with zero attached hydrogens (tertiary/aromatic N) is 4. The minimum Gasteiger partial charge on any atom is -0.364 e. The standard InChI is InChI=1S/C13H11ClFN5/c1-20-7-17-10-11(18-13(15)19-12(10)20)16-6-8-3-2-4-9(14)5-8/h2-5,7H,6H2,1H3,(H,16,18,19). The number of rotatable bonds is 3.